The van der Waals surface area contributed by atoms with Gasteiger partial charge in [0.1, 0.15) is 0 Å². The molecule has 1 N–H and O–H groups in total. The summed E-state index contributed by atoms with van der Waals surface area (Å²) in [7, 11) is 0. The fraction of sp³-hybridized carbons (Fsp3) is 0.650. The minimum atomic E-state index is -0.152. The van der Waals surface area contributed by atoms with Crippen LogP contribution in [-0.4, -0.2) is 41.9 Å². The average Bonchev–Trinajstić information content (AvgIpc) is 3.20. The molecule has 136 valence electrons. The van der Waals surface area contributed by atoms with Gasteiger partial charge in [0.05, 0.1) is 18.6 Å². The molecule has 0 spiro atoms. The lowest BCUT2D eigenvalue weighted by atomic mass is 9.83. The van der Waals surface area contributed by atoms with Gasteiger partial charge in [0, 0.05) is 31.0 Å². The van der Waals surface area contributed by atoms with Crippen LogP contribution in [0.3, 0.4) is 0 Å². The van der Waals surface area contributed by atoms with Crippen LogP contribution in [0.2, 0.25) is 0 Å². The second-order valence-electron chi connectivity index (χ2n) is 7.86. The molecular weight excluding hydrogens is 380 g/mol. The molecule has 4 nitrogen and oxygen atoms in total. The van der Waals surface area contributed by atoms with E-state index in [0.717, 1.165) is 58.0 Å². The van der Waals surface area contributed by atoms with E-state index < -0.39 is 0 Å². The Hall–Kier alpha value is -0.910. The largest absolute Gasteiger partial charge is 0.379 e. The SMILES string of the molecule is O=C(NCc1ccc(CN2CCOCC2)cc1)C12CCC(CC1Br)C2. The van der Waals surface area contributed by atoms with Gasteiger partial charge in [-0.05, 0) is 42.7 Å². The third kappa shape index (κ3) is 3.64. The lowest BCUT2D eigenvalue weighted by Crippen LogP contribution is -2.43. The highest BCUT2D eigenvalue weighted by Gasteiger charge is 2.55. The Balaban J connectivity index is 1.30. The van der Waals surface area contributed by atoms with Gasteiger partial charge in [-0.2, -0.15) is 0 Å². The van der Waals surface area contributed by atoms with Gasteiger partial charge in [0.15, 0.2) is 0 Å². The molecule has 3 atom stereocenters. The number of nitrogens with one attached hydrogen (secondary N) is 1. The van der Waals surface area contributed by atoms with Crippen molar-refractivity contribution in [2.45, 2.75) is 43.6 Å². The third-order valence-electron chi connectivity index (χ3n) is 6.23. The molecule has 4 rings (SSSR count). The number of nitrogens with zero attached hydrogens (tertiary/aromatic N) is 1. The highest BCUT2D eigenvalue weighted by Crippen LogP contribution is 2.57. The minimum Gasteiger partial charge on any atom is -0.379 e. The van der Waals surface area contributed by atoms with Gasteiger partial charge < -0.3 is 10.1 Å². The predicted octanol–water partition coefficient (Wildman–Crippen LogP) is 3.09. The normalized spacial score (nSPS) is 32.0. The number of amides is 1. The minimum absolute atomic E-state index is 0.152. The number of hydrogen-bond acceptors (Lipinski definition) is 3. The Bertz CT molecular complexity index is 615. The first-order valence-electron chi connectivity index (χ1n) is 9.46. The van der Waals surface area contributed by atoms with Gasteiger partial charge in [-0.1, -0.05) is 40.2 Å². The molecule has 0 aromatic heterocycles. The summed E-state index contributed by atoms with van der Waals surface area (Å²) in [4.78, 5) is 15.6. The number of alkyl halides is 1. The highest BCUT2D eigenvalue weighted by atomic mass is 79.9. The molecule has 5 heteroatoms. The van der Waals surface area contributed by atoms with E-state index in [9.17, 15) is 4.79 Å². The fourth-order valence-corrected chi connectivity index (χ4v) is 5.82. The van der Waals surface area contributed by atoms with Gasteiger partial charge in [-0.3, -0.25) is 9.69 Å². The summed E-state index contributed by atoms with van der Waals surface area (Å²) in [6.45, 7) is 5.29. The first-order chi connectivity index (χ1) is 12.2. The maximum atomic E-state index is 12.8. The van der Waals surface area contributed by atoms with Crippen LogP contribution in [0, 0.1) is 11.3 Å². The van der Waals surface area contributed by atoms with Crippen molar-refractivity contribution in [1.82, 2.24) is 10.2 Å². The number of carbonyl (C=O) groups is 1. The number of hydrogen-bond donors (Lipinski definition) is 1. The van der Waals surface area contributed by atoms with Crippen LogP contribution in [0.25, 0.3) is 0 Å². The summed E-state index contributed by atoms with van der Waals surface area (Å²) in [5.41, 5.74) is 2.35. The van der Waals surface area contributed by atoms with E-state index >= 15 is 0 Å². The monoisotopic (exact) mass is 406 g/mol. The van der Waals surface area contributed by atoms with E-state index in [2.05, 4.69) is 50.4 Å². The Morgan fingerprint density at radius 3 is 2.60 bits per heavy atom. The predicted molar refractivity (Wildman–Crippen MR) is 101 cm³/mol. The van der Waals surface area contributed by atoms with E-state index in [1.807, 2.05) is 0 Å². The average molecular weight is 407 g/mol. The van der Waals surface area contributed by atoms with E-state index in [-0.39, 0.29) is 11.3 Å². The first kappa shape index (κ1) is 17.5. The van der Waals surface area contributed by atoms with Crippen LogP contribution in [-0.2, 0) is 22.6 Å². The van der Waals surface area contributed by atoms with Crippen molar-refractivity contribution in [2.75, 3.05) is 26.3 Å². The van der Waals surface area contributed by atoms with Crippen molar-refractivity contribution < 1.29 is 9.53 Å². The number of morpholine rings is 1. The zero-order valence-electron chi connectivity index (χ0n) is 14.7. The number of carbonyl (C=O) groups excluding carboxylic acids is 1. The molecule has 2 saturated carbocycles. The smallest absolute Gasteiger partial charge is 0.227 e. The van der Waals surface area contributed by atoms with Gasteiger partial charge in [0.2, 0.25) is 5.91 Å². The summed E-state index contributed by atoms with van der Waals surface area (Å²) in [6.07, 6.45) is 4.47. The zero-order chi connectivity index (χ0) is 17.3. The van der Waals surface area contributed by atoms with Crippen LogP contribution in [0.1, 0.15) is 36.8 Å². The molecular formula is C20H27BrN2O2. The third-order valence-corrected chi connectivity index (χ3v) is 7.48. The second-order valence-corrected chi connectivity index (χ2v) is 8.96. The van der Waals surface area contributed by atoms with Crippen LogP contribution in [0.4, 0.5) is 0 Å². The second kappa shape index (κ2) is 7.37. The van der Waals surface area contributed by atoms with E-state index in [1.54, 1.807) is 0 Å². The van der Waals surface area contributed by atoms with Crippen LogP contribution in [0.5, 0.6) is 0 Å². The van der Waals surface area contributed by atoms with Crippen molar-refractivity contribution in [3.63, 3.8) is 0 Å². The van der Waals surface area contributed by atoms with Crippen molar-refractivity contribution in [2.24, 2.45) is 11.3 Å². The molecule has 3 unspecified atom stereocenters. The molecule has 2 aliphatic carbocycles. The molecule has 1 heterocycles. The van der Waals surface area contributed by atoms with E-state index in [1.165, 1.54) is 17.5 Å². The molecule has 25 heavy (non-hydrogen) atoms. The van der Waals surface area contributed by atoms with Crippen molar-refractivity contribution in [3.8, 4) is 0 Å². The number of rotatable bonds is 5. The Morgan fingerprint density at radius 2 is 1.96 bits per heavy atom. The number of fused-ring (bicyclic) bond motifs is 2. The Labute approximate surface area is 158 Å². The van der Waals surface area contributed by atoms with Gasteiger partial charge in [-0.15, -0.1) is 0 Å². The van der Waals surface area contributed by atoms with Crippen LogP contribution < -0.4 is 5.32 Å². The van der Waals surface area contributed by atoms with Crippen LogP contribution in [0.15, 0.2) is 24.3 Å². The number of halogens is 1. The van der Waals surface area contributed by atoms with Gasteiger partial charge >= 0.3 is 0 Å². The fourth-order valence-electron chi connectivity index (χ4n) is 4.67. The zero-order valence-corrected chi connectivity index (χ0v) is 16.3. The molecule has 0 radical (unpaired) electrons. The summed E-state index contributed by atoms with van der Waals surface area (Å²) in [5, 5.41) is 3.19. The van der Waals surface area contributed by atoms with Gasteiger partial charge in [0.25, 0.3) is 0 Å². The van der Waals surface area contributed by atoms with E-state index in [4.69, 9.17) is 4.74 Å². The molecule has 1 aromatic carbocycles. The summed E-state index contributed by atoms with van der Waals surface area (Å²) in [5.74, 6) is 0.987. The van der Waals surface area contributed by atoms with Crippen molar-refractivity contribution >= 4 is 21.8 Å². The molecule has 1 aromatic rings. The summed E-state index contributed by atoms with van der Waals surface area (Å²) >= 11 is 3.76. The summed E-state index contributed by atoms with van der Waals surface area (Å²) < 4.78 is 5.40. The topological polar surface area (TPSA) is 41.6 Å². The van der Waals surface area contributed by atoms with Crippen LogP contribution >= 0.6 is 15.9 Å². The Morgan fingerprint density at radius 1 is 1.24 bits per heavy atom. The Kier molecular flexibility index (Phi) is 5.16. The molecule has 3 fully saturated rings. The molecule has 1 aliphatic heterocycles. The quantitative estimate of drug-likeness (QED) is 0.763. The van der Waals surface area contributed by atoms with Crippen molar-refractivity contribution in [3.05, 3.63) is 35.4 Å². The summed E-state index contributed by atoms with van der Waals surface area (Å²) in [6, 6.07) is 8.66. The lowest BCUT2D eigenvalue weighted by molar-refractivity contribution is -0.130. The molecule has 1 saturated heterocycles. The van der Waals surface area contributed by atoms with Crippen molar-refractivity contribution in [1.29, 1.82) is 0 Å². The molecule has 1 amide bonds. The molecule has 3 aliphatic rings. The maximum absolute atomic E-state index is 12.8. The number of benzene rings is 1. The first-order valence-corrected chi connectivity index (χ1v) is 10.4. The standard InChI is InChI=1S/C20H27BrN2O2/c21-18-11-17-5-6-20(18,12-17)19(24)22-13-15-1-3-16(4-2-15)14-23-7-9-25-10-8-23/h1-4,17-18H,5-14H2,(H,22,24). The maximum Gasteiger partial charge on any atom is 0.227 e. The highest BCUT2D eigenvalue weighted by molar-refractivity contribution is 9.09. The van der Waals surface area contributed by atoms with Gasteiger partial charge in [-0.25, -0.2) is 0 Å². The molecule has 2 bridgehead atoms. The lowest BCUT2D eigenvalue weighted by Gasteiger charge is -2.30. The van der Waals surface area contributed by atoms with E-state index in [0.29, 0.717) is 11.4 Å². The number of ether oxygens (including phenoxy) is 1.